The predicted molar refractivity (Wildman–Crippen MR) is 82.2 cm³/mol. The van der Waals surface area contributed by atoms with E-state index < -0.39 is 4.92 Å². The monoisotopic (exact) mass is 287 g/mol. The summed E-state index contributed by atoms with van der Waals surface area (Å²) in [4.78, 5) is 20.5. The Morgan fingerprint density at radius 1 is 1.19 bits per heavy atom. The highest BCUT2D eigenvalue weighted by molar-refractivity contribution is 5.75. The van der Waals surface area contributed by atoms with Crippen LogP contribution in [0.4, 0.5) is 23.0 Å². The molecule has 2 aromatic rings. The molecule has 0 saturated carbocycles. The summed E-state index contributed by atoms with van der Waals surface area (Å²) >= 11 is 0. The molecule has 0 saturated heterocycles. The maximum atomic E-state index is 11.3. The average Bonchev–Trinajstić information content (AvgIpc) is 2.44. The Labute approximate surface area is 122 Å². The SMILES string of the molecule is CNc1ncnc(N(C)c2cc(C)cc(C)c2)c1[N+](=O)[O-]. The molecule has 0 spiro atoms. The van der Waals surface area contributed by atoms with Crippen molar-refractivity contribution in [3.8, 4) is 0 Å². The lowest BCUT2D eigenvalue weighted by Gasteiger charge is -2.19. The van der Waals surface area contributed by atoms with Crippen molar-refractivity contribution in [1.82, 2.24) is 9.97 Å². The van der Waals surface area contributed by atoms with E-state index in [0.29, 0.717) is 0 Å². The van der Waals surface area contributed by atoms with Gasteiger partial charge in [-0.05, 0) is 37.1 Å². The summed E-state index contributed by atoms with van der Waals surface area (Å²) in [5.74, 6) is 0.450. The van der Waals surface area contributed by atoms with Crippen molar-refractivity contribution in [3.63, 3.8) is 0 Å². The number of nitrogens with one attached hydrogen (secondary N) is 1. The van der Waals surface area contributed by atoms with E-state index in [-0.39, 0.29) is 17.3 Å². The molecule has 0 fully saturated rings. The Morgan fingerprint density at radius 2 is 1.81 bits per heavy atom. The number of aryl methyl sites for hydroxylation is 2. The minimum Gasteiger partial charge on any atom is -0.367 e. The quantitative estimate of drug-likeness (QED) is 0.687. The van der Waals surface area contributed by atoms with Gasteiger partial charge in [0.15, 0.2) is 0 Å². The summed E-state index contributed by atoms with van der Waals surface area (Å²) in [6, 6.07) is 5.96. The maximum Gasteiger partial charge on any atom is 0.353 e. The highest BCUT2D eigenvalue weighted by atomic mass is 16.6. The number of nitrogens with zero attached hydrogens (tertiary/aromatic N) is 4. The lowest BCUT2D eigenvalue weighted by molar-refractivity contribution is -0.383. The van der Waals surface area contributed by atoms with E-state index in [1.54, 1.807) is 19.0 Å². The van der Waals surface area contributed by atoms with E-state index in [1.165, 1.54) is 6.33 Å². The van der Waals surface area contributed by atoms with Gasteiger partial charge in [0.1, 0.15) is 6.33 Å². The smallest absolute Gasteiger partial charge is 0.353 e. The fraction of sp³-hybridized carbons (Fsp3) is 0.286. The third-order valence-corrected chi connectivity index (χ3v) is 3.13. The standard InChI is InChI=1S/C14H17N5O2/c1-9-5-10(2)7-11(6-9)18(4)14-12(19(20)21)13(15-3)16-8-17-14/h5-8H,1-4H3,(H,15,16,17). The van der Waals surface area contributed by atoms with Gasteiger partial charge in [0, 0.05) is 19.8 Å². The normalized spacial score (nSPS) is 10.3. The molecule has 0 aliphatic rings. The van der Waals surface area contributed by atoms with Crippen molar-refractivity contribution in [2.45, 2.75) is 13.8 Å². The molecule has 110 valence electrons. The molecule has 0 unspecified atom stereocenters. The molecule has 0 atom stereocenters. The summed E-state index contributed by atoms with van der Waals surface area (Å²) < 4.78 is 0. The molecule has 2 rings (SSSR count). The van der Waals surface area contributed by atoms with Crippen molar-refractivity contribution in [2.75, 3.05) is 24.3 Å². The van der Waals surface area contributed by atoms with Crippen LogP contribution in [0.15, 0.2) is 24.5 Å². The molecule has 1 N–H and O–H groups in total. The average molecular weight is 287 g/mol. The second-order valence-electron chi connectivity index (χ2n) is 4.81. The van der Waals surface area contributed by atoms with E-state index in [9.17, 15) is 10.1 Å². The van der Waals surface area contributed by atoms with Crippen molar-refractivity contribution >= 4 is 23.0 Å². The molecule has 21 heavy (non-hydrogen) atoms. The van der Waals surface area contributed by atoms with Crippen LogP contribution < -0.4 is 10.2 Å². The first-order chi connectivity index (χ1) is 9.93. The number of hydrogen-bond acceptors (Lipinski definition) is 6. The number of anilines is 3. The van der Waals surface area contributed by atoms with Gasteiger partial charge in [-0.3, -0.25) is 10.1 Å². The molecule has 0 aliphatic heterocycles. The van der Waals surface area contributed by atoms with E-state index in [2.05, 4.69) is 15.3 Å². The maximum absolute atomic E-state index is 11.3. The second-order valence-corrected chi connectivity index (χ2v) is 4.81. The fourth-order valence-corrected chi connectivity index (χ4v) is 2.23. The summed E-state index contributed by atoms with van der Waals surface area (Å²) in [7, 11) is 3.35. The van der Waals surface area contributed by atoms with E-state index in [4.69, 9.17) is 0 Å². The molecule has 0 aliphatic carbocycles. The number of benzene rings is 1. The van der Waals surface area contributed by atoms with E-state index in [1.807, 2.05) is 32.0 Å². The zero-order valence-corrected chi connectivity index (χ0v) is 12.4. The Morgan fingerprint density at radius 3 is 2.33 bits per heavy atom. The van der Waals surface area contributed by atoms with Gasteiger partial charge < -0.3 is 10.2 Å². The molecular weight excluding hydrogens is 270 g/mol. The van der Waals surface area contributed by atoms with Crippen LogP contribution in [0, 0.1) is 24.0 Å². The fourth-order valence-electron chi connectivity index (χ4n) is 2.23. The van der Waals surface area contributed by atoms with Crippen molar-refractivity contribution in [3.05, 3.63) is 45.8 Å². The second kappa shape index (κ2) is 5.74. The highest BCUT2D eigenvalue weighted by Crippen LogP contribution is 2.34. The number of rotatable bonds is 4. The first kappa shape index (κ1) is 14.7. The zero-order chi connectivity index (χ0) is 15.6. The van der Waals surface area contributed by atoms with Crippen LogP contribution >= 0.6 is 0 Å². The van der Waals surface area contributed by atoms with Gasteiger partial charge in [-0.15, -0.1) is 0 Å². The minimum absolute atomic E-state index is 0.137. The van der Waals surface area contributed by atoms with Gasteiger partial charge in [-0.1, -0.05) is 6.07 Å². The van der Waals surface area contributed by atoms with Crippen LogP contribution in [0.25, 0.3) is 0 Å². The number of aromatic nitrogens is 2. The van der Waals surface area contributed by atoms with Gasteiger partial charge in [0.2, 0.25) is 11.6 Å². The largest absolute Gasteiger partial charge is 0.367 e. The van der Waals surface area contributed by atoms with Crippen LogP contribution in [0.3, 0.4) is 0 Å². The molecule has 7 nitrogen and oxygen atoms in total. The minimum atomic E-state index is -0.472. The van der Waals surface area contributed by atoms with Crippen molar-refractivity contribution in [1.29, 1.82) is 0 Å². The van der Waals surface area contributed by atoms with E-state index >= 15 is 0 Å². The van der Waals surface area contributed by atoms with E-state index in [0.717, 1.165) is 16.8 Å². The van der Waals surface area contributed by atoms with Crippen LogP contribution in [-0.4, -0.2) is 29.0 Å². The third kappa shape index (κ3) is 2.91. The lowest BCUT2D eigenvalue weighted by atomic mass is 10.1. The Kier molecular flexibility index (Phi) is 4.02. The molecule has 7 heteroatoms. The first-order valence-electron chi connectivity index (χ1n) is 6.43. The molecule has 1 aromatic carbocycles. The number of hydrogen-bond donors (Lipinski definition) is 1. The zero-order valence-electron chi connectivity index (χ0n) is 12.4. The molecule has 0 bridgehead atoms. The van der Waals surface area contributed by atoms with Gasteiger partial charge in [-0.2, -0.15) is 0 Å². The number of nitro groups is 1. The van der Waals surface area contributed by atoms with Gasteiger partial charge in [-0.25, -0.2) is 9.97 Å². The predicted octanol–water partition coefficient (Wildman–Crippen LogP) is 2.81. The molecule has 1 aromatic heterocycles. The lowest BCUT2D eigenvalue weighted by Crippen LogP contribution is -2.15. The highest BCUT2D eigenvalue weighted by Gasteiger charge is 2.25. The Balaban J connectivity index is 2.57. The summed E-state index contributed by atoms with van der Waals surface area (Å²) in [5, 5.41) is 14.1. The van der Waals surface area contributed by atoms with Gasteiger partial charge in [0.25, 0.3) is 0 Å². The van der Waals surface area contributed by atoms with Crippen LogP contribution in [0.1, 0.15) is 11.1 Å². The summed E-state index contributed by atoms with van der Waals surface area (Å²) in [6.45, 7) is 3.97. The first-order valence-corrected chi connectivity index (χ1v) is 6.43. The van der Waals surface area contributed by atoms with Crippen molar-refractivity contribution < 1.29 is 4.92 Å². The Hall–Kier alpha value is -2.70. The summed E-state index contributed by atoms with van der Waals surface area (Å²) in [6.07, 6.45) is 1.31. The third-order valence-electron chi connectivity index (χ3n) is 3.13. The van der Waals surface area contributed by atoms with Crippen LogP contribution in [-0.2, 0) is 0 Å². The Bertz CT molecular complexity index is 667. The van der Waals surface area contributed by atoms with Crippen LogP contribution in [0.5, 0.6) is 0 Å². The topological polar surface area (TPSA) is 84.2 Å². The van der Waals surface area contributed by atoms with Crippen LogP contribution in [0.2, 0.25) is 0 Å². The molecular formula is C14H17N5O2. The van der Waals surface area contributed by atoms with Gasteiger partial charge in [0.05, 0.1) is 4.92 Å². The summed E-state index contributed by atoms with van der Waals surface area (Å²) in [5.41, 5.74) is 2.88. The molecule has 1 heterocycles. The molecule has 0 radical (unpaired) electrons. The molecule has 0 amide bonds. The van der Waals surface area contributed by atoms with Gasteiger partial charge >= 0.3 is 5.69 Å². The van der Waals surface area contributed by atoms with Crippen molar-refractivity contribution in [2.24, 2.45) is 0 Å².